The molecular weight excluding hydrogens is 192 g/mol. The van der Waals surface area contributed by atoms with Gasteiger partial charge in [0.15, 0.2) is 0 Å². The van der Waals surface area contributed by atoms with Crippen molar-refractivity contribution in [2.75, 3.05) is 7.11 Å². The highest BCUT2D eigenvalue weighted by Crippen LogP contribution is 2.31. The molecule has 0 radical (unpaired) electrons. The molecule has 1 heterocycles. The minimum absolute atomic E-state index is 0.187. The average molecular weight is 204 g/mol. The van der Waals surface area contributed by atoms with Gasteiger partial charge in [0.25, 0.3) is 0 Å². The van der Waals surface area contributed by atoms with Gasteiger partial charge in [-0.15, -0.1) is 0 Å². The molecule has 4 heteroatoms. The third-order valence-corrected chi connectivity index (χ3v) is 2.18. The lowest BCUT2D eigenvalue weighted by atomic mass is 10.1. The number of nitrogens with one attached hydrogen (secondary N) is 1. The van der Waals surface area contributed by atoms with Crippen molar-refractivity contribution in [2.24, 2.45) is 0 Å². The minimum atomic E-state index is 0.187. The zero-order valence-electron chi connectivity index (χ0n) is 8.61. The van der Waals surface area contributed by atoms with Gasteiger partial charge in [0, 0.05) is 11.6 Å². The first kappa shape index (κ1) is 9.58. The number of hydrogen-bond acceptors (Lipinski definition) is 3. The summed E-state index contributed by atoms with van der Waals surface area (Å²) in [5.41, 5.74) is 1.76. The van der Waals surface area contributed by atoms with E-state index in [0.717, 1.165) is 17.1 Å². The number of ether oxygens (including phenoxy) is 1. The highest BCUT2D eigenvalue weighted by molar-refractivity contribution is 5.68. The summed E-state index contributed by atoms with van der Waals surface area (Å²) < 4.78 is 5.18. The first-order valence-corrected chi connectivity index (χ1v) is 4.59. The number of aromatic nitrogens is 2. The predicted octanol–water partition coefficient (Wildman–Crippen LogP) is 2.10. The summed E-state index contributed by atoms with van der Waals surface area (Å²) in [6.07, 6.45) is 1.74. The molecule has 78 valence electrons. The summed E-state index contributed by atoms with van der Waals surface area (Å²) in [4.78, 5) is 7.23. The second-order valence-corrected chi connectivity index (χ2v) is 3.27. The summed E-state index contributed by atoms with van der Waals surface area (Å²) in [6, 6.07) is 4.99. The number of H-pyrrole nitrogens is 1. The highest BCUT2D eigenvalue weighted by Gasteiger charge is 2.08. The predicted molar refractivity (Wildman–Crippen MR) is 57.0 cm³/mol. The fraction of sp³-hybridized carbons (Fsp3) is 0.182. The molecule has 0 aliphatic carbocycles. The number of nitrogens with zero attached hydrogens (tertiary/aromatic N) is 1. The quantitative estimate of drug-likeness (QED) is 0.787. The molecule has 0 aliphatic rings. The fourth-order valence-electron chi connectivity index (χ4n) is 1.46. The van der Waals surface area contributed by atoms with Gasteiger partial charge >= 0.3 is 0 Å². The van der Waals surface area contributed by atoms with E-state index in [1.807, 2.05) is 6.92 Å². The van der Waals surface area contributed by atoms with E-state index in [9.17, 15) is 5.11 Å². The Hall–Kier alpha value is -1.97. The molecule has 1 aromatic carbocycles. The summed E-state index contributed by atoms with van der Waals surface area (Å²) in [5.74, 6) is 1.66. The SMILES string of the molecule is COc1cc(O)ccc1-c1cnc(C)[nH]1. The molecule has 0 amide bonds. The van der Waals surface area contributed by atoms with E-state index in [-0.39, 0.29) is 5.75 Å². The highest BCUT2D eigenvalue weighted by atomic mass is 16.5. The number of imidazole rings is 1. The van der Waals surface area contributed by atoms with Crippen molar-refractivity contribution < 1.29 is 9.84 Å². The monoisotopic (exact) mass is 204 g/mol. The average Bonchev–Trinajstić information content (AvgIpc) is 2.64. The van der Waals surface area contributed by atoms with E-state index >= 15 is 0 Å². The Morgan fingerprint density at radius 2 is 2.20 bits per heavy atom. The molecule has 2 N–H and O–H groups in total. The molecule has 4 nitrogen and oxygen atoms in total. The number of phenols is 1. The van der Waals surface area contributed by atoms with Gasteiger partial charge in [-0.05, 0) is 19.1 Å². The summed E-state index contributed by atoms with van der Waals surface area (Å²) in [6.45, 7) is 1.89. The normalized spacial score (nSPS) is 10.3. The Morgan fingerprint density at radius 1 is 1.40 bits per heavy atom. The maximum Gasteiger partial charge on any atom is 0.131 e. The van der Waals surface area contributed by atoms with Gasteiger partial charge in [-0.1, -0.05) is 0 Å². The first-order chi connectivity index (χ1) is 7.20. The van der Waals surface area contributed by atoms with Crippen LogP contribution in [0.25, 0.3) is 11.3 Å². The van der Waals surface area contributed by atoms with Crippen LogP contribution in [-0.4, -0.2) is 22.2 Å². The molecule has 0 saturated carbocycles. The molecule has 0 fully saturated rings. The topological polar surface area (TPSA) is 58.1 Å². The van der Waals surface area contributed by atoms with E-state index in [1.165, 1.54) is 0 Å². The number of aromatic hydroxyl groups is 1. The molecule has 2 aromatic rings. The molecule has 0 aliphatic heterocycles. The first-order valence-electron chi connectivity index (χ1n) is 4.59. The number of phenolic OH excluding ortho intramolecular Hbond substituents is 1. The van der Waals surface area contributed by atoms with Crippen molar-refractivity contribution in [1.29, 1.82) is 0 Å². The number of aromatic amines is 1. The lowest BCUT2D eigenvalue weighted by molar-refractivity contribution is 0.409. The molecule has 0 saturated heterocycles. The molecule has 0 atom stereocenters. The molecule has 0 bridgehead atoms. The van der Waals surface area contributed by atoms with Crippen LogP contribution in [0.15, 0.2) is 24.4 Å². The van der Waals surface area contributed by atoms with Crippen molar-refractivity contribution in [2.45, 2.75) is 6.92 Å². The third kappa shape index (κ3) is 1.79. The minimum Gasteiger partial charge on any atom is -0.508 e. The fourth-order valence-corrected chi connectivity index (χ4v) is 1.46. The zero-order chi connectivity index (χ0) is 10.8. The van der Waals surface area contributed by atoms with Crippen LogP contribution in [0, 0.1) is 6.92 Å². The van der Waals surface area contributed by atoms with E-state index in [0.29, 0.717) is 5.75 Å². The molecular formula is C11H12N2O2. The van der Waals surface area contributed by atoms with Crippen LogP contribution in [0.2, 0.25) is 0 Å². The van der Waals surface area contributed by atoms with E-state index in [4.69, 9.17) is 4.74 Å². The Labute approximate surface area is 87.6 Å². The van der Waals surface area contributed by atoms with E-state index < -0.39 is 0 Å². The standard InChI is InChI=1S/C11H12N2O2/c1-7-12-6-10(13-7)9-4-3-8(14)5-11(9)15-2/h3-6,14H,1-2H3,(H,12,13). The van der Waals surface area contributed by atoms with Gasteiger partial charge in [-0.2, -0.15) is 0 Å². The Kier molecular flexibility index (Phi) is 2.33. The van der Waals surface area contributed by atoms with E-state index in [1.54, 1.807) is 31.5 Å². The second-order valence-electron chi connectivity index (χ2n) is 3.27. The van der Waals surface area contributed by atoms with Gasteiger partial charge in [-0.25, -0.2) is 4.98 Å². The maximum absolute atomic E-state index is 9.31. The Balaban J connectivity index is 2.52. The molecule has 15 heavy (non-hydrogen) atoms. The Morgan fingerprint density at radius 3 is 2.80 bits per heavy atom. The summed E-state index contributed by atoms with van der Waals surface area (Å²) >= 11 is 0. The lowest BCUT2D eigenvalue weighted by Gasteiger charge is -2.06. The van der Waals surface area contributed by atoms with Crippen molar-refractivity contribution in [3.63, 3.8) is 0 Å². The zero-order valence-corrected chi connectivity index (χ0v) is 8.61. The number of rotatable bonds is 2. The number of methoxy groups -OCH3 is 1. The van der Waals surface area contributed by atoms with Gasteiger partial charge in [0.1, 0.15) is 17.3 Å². The molecule has 0 spiro atoms. The third-order valence-electron chi connectivity index (χ3n) is 2.18. The summed E-state index contributed by atoms with van der Waals surface area (Å²) in [5, 5.41) is 9.31. The van der Waals surface area contributed by atoms with Gasteiger partial charge in [-0.3, -0.25) is 0 Å². The van der Waals surface area contributed by atoms with Gasteiger partial charge in [0.2, 0.25) is 0 Å². The molecule has 0 unspecified atom stereocenters. The molecule has 2 rings (SSSR count). The maximum atomic E-state index is 9.31. The molecule has 1 aromatic heterocycles. The smallest absolute Gasteiger partial charge is 0.131 e. The van der Waals surface area contributed by atoms with Crippen molar-refractivity contribution >= 4 is 0 Å². The second kappa shape index (κ2) is 3.65. The van der Waals surface area contributed by atoms with Crippen LogP contribution in [0.5, 0.6) is 11.5 Å². The van der Waals surface area contributed by atoms with Crippen molar-refractivity contribution in [3.8, 4) is 22.8 Å². The van der Waals surface area contributed by atoms with Crippen LogP contribution in [0.3, 0.4) is 0 Å². The number of hydrogen-bond donors (Lipinski definition) is 2. The largest absolute Gasteiger partial charge is 0.508 e. The lowest BCUT2D eigenvalue weighted by Crippen LogP contribution is -1.87. The van der Waals surface area contributed by atoms with Gasteiger partial charge in [0.05, 0.1) is 19.0 Å². The Bertz CT molecular complexity index is 477. The van der Waals surface area contributed by atoms with Crippen LogP contribution in [0.1, 0.15) is 5.82 Å². The van der Waals surface area contributed by atoms with Crippen LogP contribution in [-0.2, 0) is 0 Å². The summed E-state index contributed by atoms with van der Waals surface area (Å²) in [7, 11) is 1.57. The van der Waals surface area contributed by atoms with Crippen molar-refractivity contribution in [1.82, 2.24) is 9.97 Å². The number of benzene rings is 1. The van der Waals surface area contributed by atoms with Crippen molar-refractivity contribution in [3.05, 3.63) is 30.2 Å². The van der Waals surface area contributed by atoms with Crippen LogP contribution < -0.4 is 4.74 Å². The van der Waals surface area contributed by atoms with Crippen LogP contribution in [0.4, 0.5) is 0 Å². The van der Waals surface area contributed by atoms with Gasteiger partial charge < -0.3 is 14.8 Å². The van der Waals surface area contributed by atoms with E-state index in [2.05, 4.69) is 9.97 Å². The number of aryl methyl sites for hydroxylation is 1. The van der Waals surface area contributed by atoms with Crippen LogP contribution >= 0.6 is 0 Å².